The summed E-state index contributed by atoms with van der Waals surface area (Å²) in [7, 11) is -3.72. The third-order valence-corrected chi connectivity index (χ3v) is 7.90. The predicted octanol–water partition coefficient (Wildman–Crippen LogP) is 3.45. The van der Waals surface area contributed by atoms with E-state index < -0.39 is 27.7 Å². The molecular formula is C24H25F3N4O3S. The number of fused-ring (bicyclic) bond motifs is 1. The van der Waals surface area contributed by atoms with E-state index in [1.807, 2.05) is 0 Å². The quantitative estimate of drug-likeness (QED) is 0.376. The lowest BCUT2D eigenvalue weighted by atomic mass is 9.70. The number of aromatic amines is 1. The minimum absolute atomic E-state index is 0.0406. The van der Waals surface area contributed by atoms with Gasteiger partial charge in [-0.05, 0) is 72.6 Å². The van der Waals surface area contributed by atoms with Crippen LogP contribution in [0.15, 0.2) is 36.4 Å². The largest absolute Gasteiger partial charge is 0.352 e. The van der Waals surface area contributed by atoms with Crippen molar-refractivity contribution in [3.8, 4) is 11.3 Å². The molecule has 0 bridgehead atoms. The van der Waals surface area contributed by atoms with Gasteiger partial charge in [-0.1, -0.05) is 0 Å². The Hall–Kier alpha value is -2.89. The van der Waals surface area contributed by atoms with Crippen molar-refractivity contribution < 1.29 is 26.4 Å². The van der Waals surface area contributed by atoms with Crippen molar-refractivity contribution in [3.63, 3.8) is 0 Å². The second kappa shape index (κ2) is 9.29. The minimum atomic E-state index is -3.72. The van der Waals surface area contributed by atoms with Crippen LogP contribution in [0.25, 0.3) is 22.2 Å². The van der Waals surface area contributed by atoms with Gasteiger partial charge >= 0.3 is 0 Å². The normalized spacial score (nSPS) is 22.4. The molecule has 1 saturated carbocycles. The van der Waals surface area contributed by atoms with Crippen LogP contribution in [0.5, 0.6) is 0 Å². The number of aromatic nitrogens is 1. The van der Waals surface area contributed by atoms with Gasteiger partial charge in [-0.15, -0.1) is 0 Å². The summed E-state index contributed by atoms with van der Waals surface area (Å²) in [5.41, 5.74) is 2.20. The first-order valence-corrected chi connectivity index (χ1v) is 13.0. The molecule has 2 aromatic carbocycles. The maximum atomic E-state index is 14.5. The lowest BCUT2D eigenvalue weighted by Gasteiger charge is -2.36. The molecule has 5 rings (SSSR count). The number of carbonyl (C=O) groups excluding carboxylic acids is 1. The molecule has 1 amide bonds. The van der Waals surface area contributed by atoms with Gasteiger partial charge in [0.2, 0.25) is 5.91 Å². The zero-order valence-electron chi connectivity index (χ0n) is 18.7. The van der Waals surface area contributed by atoms with Crippen LogP contribution in [-0.4, -0.2) is 38.4 Å². The maximum absolute atomic E-state index is 14.5. The maximum Gasteiger partial charge on any atom is 0.276 e. The summed E-state index contributed by atoms with van der Waals surface area (Å²) in [5, 5.41) is 3.14. The number of H-pyrrole nitrogens is 1. The Morgan fingerprint density at radius 3 is 2.37 bits per heavy atom. The number of nitrogens with one attached hydrogen (secondary N) is 4. The second-order valence-electron chi connectivity index (χ2n) is 9.27. The van der Waals surface area contributed by atoms with E-state index in [1.165, 1.54) is 18.2 Å². The van der Waals surface area contributed by atoms with Crippen LogP contribution in [0.1, 0.15) is 37.2 Å². The third kappa shape index (κ3) is 5.07. The highest BCUT2D eigenvalue weighted by atomic mass is 32.2. The fraction of sp³-hybridized carbons (Fsp3) is 0.375. The number of hydrogen-bond acceptors (Lipinski definition) is 3. The van der Waals surface area contributed by atoms with Crippen molar-refractivity contribution in [2.45, 2.75) is 37.6 Å². The van der Waals surface area contributed by atoms with E-state index in [0.717, 1.165) is 11.6 Å². The monoisotopic (exact) mass is 506 g/mol. The van der Waals surface area contributed by atoms with Crippen molar-refractivity contribution in [3.05, 3.63) is 59.4 Å². The molecule has 3 aromatic rings. The lowest BCUT2D eigenvalue weighted by Crippen LogP contribution is -2.45. The Kier molecular flexibility index (Phi) is 6.32. The second-order valence-corrected chi connectivity index (χ2v) is 10.9. The molecule has 2 fully saturated rings. The fourth-order valence-electron chi connectivity index (χ4n) is 4.97. The third-order valence-electron chi connectivity index (χ3n) is 6.81. The summed E-state index contributed by atoms with van der Waals surface area (Å²) in [6.45, 7) is 0.349. The van der Waals surface area contributed by atoms with Crippen LogP contribution in [0.4, 0.5) is 13.2 Å². The van der Waals surface area contributed by atoms with Crippen molar-refractivity contribution in [2.24, 2.45) is 5.92 Å². The summed E-state index contributed by atoms with van der Waals surface area (Å²) in [6.07, 6.45) is 2.24. The Morgan fingerprint density at radius 2 is 1.69 bits per heavy atom. The smallest absolute Gasteiger partial charge is 0.276 e. The Balaban J connectivity index is 1.28. The van der Waals surface area contributed by atoms with Crippen LogP contribution in [0.2, 0.25) is 0 Å². The number of amides is 1. The topological polar surface area (TPSA) is 103 Å². The van der Waals surface area contributed by atoms with Crippen LogP contribution in [0.3, 0.4) is 0 Å². The average Bonchev–Trinajstić information content (AvgIpc) is 3.36. The summed E-state index contributed by atoms with van der Waals surface area (Å²) in [5.74, 6) is -1.87. The van der Waals surface area contributed by atoms with E-state index in [9.17, 15) is 26.4 Å². The van der Waals surface area contributed by atoms with E-state index in [4.69, 9.17) is 0 Å². The molecule has 0 radical (unpaired) electrons. The molecule has 4 N–H and O–H groups in total. The Morgan fingerprint density at radius 1 is 0.971 bits per heavy atom. The zero-order chi connectivity index (χ0) is 24.7. The average molecular weight is 507 g/mol. The molecular weight excluding hydrogens is 481 g/mol. The van der Waals surface area contributed by atoms with Gasteiger partial charge in [0.15, 0.2) is 0 Å². The van der Waals surface area contributed by atoms with Gasteiger partial charge in [-0.25, -0.2) is 22.6 Å². The van der Waals surface area contributed by atoms with E-state index in [2.05, 4.69) is 19.7 Å². The molecule has 11 heteroatoms. The molecule has 1 unspecified atom stereocenters. The van der Waals surface area contributed by atoms with Crippen molar-refractivity contribution in [1.82, 2.24) is 19.7 Å². The first-order valence-electron chi connectivity index (χ1n) is 11.5. The number of halogens is 3. The predicted molar refractivity (Wildman–Crippen MR) is 125 cm³/mol. The molecule has 186 valence electrons. The molecule has 1 aliphatic carbocycles. The van der Waals surface area contributed by atoms with Crippen LogP contribution in [-0.2, 0) is 15.0 Å². The molecule has 7 nitrogen and oxygen atoms in total. The van der Waals surface area contributed by atoms with E-state index in [-0.39, 0.29) is 42.4 Å². The molecule has 35 heavy (non-hydrogen) atoms. The van der Waals surface area contributed by atoms with Crippen molar-refractivity contribution in [1.29, 1.82) is 0 Å². The summed E-state index contributed by atoms with van der Waals surface area (Å²) in [4.78, 5) is 14.3. The highest BCUT2D eigenvalue weighted by molar-refractivity contribution is 7.87. The summed E-state index contributed by atoms with van der Waals surface area (Å²) >= 11 is 0. The molecule has 0 spiro atoms. The lowest BCUT2D eigenvalue weighted by molar-refractivity contribution is -0.119. The highest BCUT2D eigenvalue weighted by Gasteiger charge is 2.35. The van der Waals surface area contributed by atoms with Gasteiger partial charge in [-0.2, -0.15) is 8.42 Å². The molecule has 1 saturated heterocycles. The Labute approximate surface area is 200 Å². The van der Waals surface area contributed by atoms with E-state index in [0.29, 0.717) is 42.3 Å². The van der Waals surface area contributed by atoms with Gasteiger partial charge < -0.3 is 10.3 Å². The number of rotatable bonds is 8. The Bertz CT molecular complexity index is 1370. The molecule has 2 heterocycles. The van der Waals surface area contributed by atoms with Gasteiger partial charge in [-0.3, -0.25) is 4.79 Å². The number of hydrogen-bond donors (Lipinski definition) is 4. The molecule has 1 atom stereocenters. The first kappa shape index (κ1) is 23.8. The van der Waals surface area contributed by atoms with Gasteiger partial charge in [0.1, 0.15) is 17.5 Å². The van der Waals surface area contributed by atoms with Crippen LogP contribution >= 0.6 is 0 Å². The standard InChI is InChI=1S/C24H25F3N4O3S/c25-16-3-1-14(2-4-16)23-22(19-9-17(26)10-20(27)24(19)31-23)15-7-13(8-15)11-28-35(33,34)29-12-18-5-6-21(32)30-18/h1-4,9-10,13,15,18,28-29,31H,5-8,11-12H2,(H,30,32). The number of carbonyl (C=O) groups is 1. The van der Waals surface area contributed by atoms with Gasteiger partial charge in [0, 0.05) is 37.0 Å². The highest BCUT2D eigenvalue weighted by Crippen LogP contribution is 2.48. The van der Waals surface area contributed by atoms with Crippen molar-refractivity contribution >= 4 is 27.0 Å². The fourth-order valence-corrected chi connectivity index (χ4v) is 5.94. The van der Waals surface area contributed by atoms with Gasteiger partial charge in [0.25, 0.3) is 10.2 Å². The van der Waals surface area contributed by atoms with Gasteiger partial charge in [0.05, 0.1) is 11.2 Å². The molecule has 1 aliphatic heterocycles. The van der Waals surface area contributed by atoms with E-state index >= 15 is 0 Å². The molecule has 1 aromatic heterocycles. The minimum Gasteiger partial charge on any atom is -0.352 e. The SMILES string of the molecule is O=C1CCC(CNS(=O)(=O)NCC2CC(c3c(-c4ccc(F)cc4)[nH]c4c(F)cc(F)cc34)C2)N1. The number of benzene rings is 2. The van der Waals surface area contributed by atoms with E-state index in [1.54, 1.807) is 12.1 Å². The van der Waals surface area contributed by atoms with Crippen LogP contribution in [0, 0.1) is 23.4 Å². The van der Waals surface area contributed by atoms with Crippen LogP contribution < -0.4 is 14.8 Å². The zero-order valence-corrected chi connectivity index (χ0v) is 19.5. The molecule has 2 aliphatic rings. The van der Waals surface area contributed by atoms with Crippen molar-refractivity contribution in [2.75, 3.05) is 13.1 Å². The summed E-state index contributed by atoms with van der Waals surface area (Å²) in [6, 6.07) is 7.69. The summed E-state index contributed by atoms with van der Waals surface area (Å²) < 4.78 is 71.6. The first-order chi connectivity index (χ1) is 16.7.